The molecule has 0 spiro atoms. The van der Waals surface area contributed by atoms with Gasteiger partial charge in [0.2, 0.25) is 0 Å². The number of rotatable bonds is 3. The van der Waals surface area contributed by atoms with Crippen LogP contribution >= 0.6 is 0 Å². The van der Waals surface area contributed by atoms with Gasteiger partial charge >= 0.3 is 0 Å². The first kappa shape index (κ1) is 42.8. The van der Waals surface area contributed by atoms with Gasteiger partial charge in [-0.25, -0.2) is 0 Å². The summed E-state index contributed by atoms with van der Waals surface area (Å²) >= 11 is 0. The van der Waals surface area contributed by atoms with E-state index in [2.05, 4.69) is 118 Å². The molecule has 0 bridgehead atoms. The molecule has 0 N–H and O–H groups in total. The summed E-state index contributed by atoms with van der Waals surface area (Å²) in [6.45, 7) is 25.4. The van der Waals surface area contributed by atoms with Crippen molar-refractivity contribution in [1.29, 1.82) is 0 Å². The lowest BCUT2D eigenvalue weighted by Gasteiger charge is -2.08. The van der Waals surface area contributed by atoms with E-state index in [-0.39, 0.29) is 28.1 Å². The topological polar surface area (TPSA) is 17.1 Å². The van der Waals surface area contributed by atoms with Crippen LogP contribution in [-0.2, 0) is 0 Å². The Hall–Kier alpha value is -4.23. The number of aryl methyl sites for hydroxylation is 12. The van der Waals surface area contributed by atoms with E-state index >= 15 is 0 Å². The highest BCUT2D eigenvalue weighted by atomic mass is 16.1. The molecule has 252 valence electrons. The van der Waals surface area contributed by atoms with Crippen LogP contribution in [0.4, 0.5) is 0 Å². The van der Waals surface area contributed by atoms with E-state index in [1.165, 1.54) is 66.8 Å². The lowest BCUT2D eigenvalue weighted by atomic mass is 9.97. The Morgan fingerprint density at radius 1 is 0.298 bits per heavy atom. The highest BCUT2D eigenvalue weighted by molar-refractivity contribution is 6.09. The van der Waals surface area contributed by atoms with Crippen LogP contribution < -0.4 is 0 Å². The number of hydrogen-bond donors (Lipinski definition) is 0. The third-order valence-electron chi connectivity index (χ3n) is 9.00. The molecule has 0 heterocycles. The molecule has 1 nitrogen and oxygen atoms in total. The van der Waals surface area contributed by atoms with Crippen molar-refractivity contribution in [3.63, 3.8) is 0 Å². The average Bonchev–Trinajstić information content (AvgIpc) is 2.98. The second-order valence-electron chi connectivity index (χ2n) is 12.5. The van der Waals surface area contributed by atoms with E-state index in [0.717, 1.165) is 22.3 Å². The molecule has 0 saturated carbocycles. The lowest BCUT2D eigenvalue weighted by Crippen LogP contribution is -2.03. The van der Waals surface area contributed by atoms with Crippen molar-refractivity contribution < 1.29 is 4.79 Å². The summed E-state index contributed by atoms with van der Waals surface area (Å²) in [5, 5.41) is 0. The summed E-state index contributed by atoms with van der Waals surface area (Å²) in [6.07, 6.45) is 0. The first-order chi connectivity index (χ1) is 20.7. The summed E-state index contributed by atoms with van der Waals surface area (Å²) in [6, 6.07) is 29.5. The monoisotopic (exact) mass is 630 g/mol. The van der Waals surface area contributed by atoms with Gasteiger partial charge in [0, 0.05) is 11.1 Å². The molecule has 0 atom stereocenters. The predicted octanol–water partition coefficient (Wildman–Crippen LogP) is 13.6. The molecule has 0 aliphatic rings. The van der Waals surface area contributed by atoms with Gasteiger partial charge in [-0.05, 0) is 173 Å². The van der Waals surface area contributed by atoms with Crippen molar-refractivity contribution in [3.8, 4) is 11.1 Å². The van der Waals surface area contributed by atoms with Crippen LogP contribution in [0.25, 0.3) is 11.1 Å². The normalized spacial score (nSPS) is 9.70. The molecule has 47 heavy (non-hydrogen) atoms. The van der Waals surface area contributed by atoms with Crippen LogP contribution in [0, 0.1) is 83.1 Å². The molecule has 5 aromatic carbocycles. The molecule has 0 aliphatic heterocycles. The van der Waals surface area contributed by atoms with E-state index < -0.39 is 0 Å². The van der Waals surface area contributed by atoms with Gasteiger partial charge in [0.15, 0.2) is 5.78 Å². The van der Waals surface area contributed by atoms with Crippen LogP contribution in [0.2, 0.25) is 0 Å². The minimum absolute atomic E-state index is 0. The summed E-state index contributed by atoms with van der Waals surface area (Å²) in [5.74, 6) is 0.0983. The summed E-state index contributed by atoms with van der Waals surface area (Å²) in [4.78, 5) is 12.4. The van der Waals surface area contributed by atoms with Crippen LogP contribution in [-0.4, -0.2) is 5.78 Å². The summed E-state index contributed by atoms with van der Waals surface area (Å²) in [5.41, 5.74) is 19.9. The fourth-order valence-corrected chi connectivity index (χ4v) is 4.88. The van der Waals surface area contributed by atoms with E-state index in [1.807, 2.05) is 50.2 Å². The minimum Gasteiger partial charge on any atom is -0.289 e. The predicted molar refractivity (Wildman–Crippen MR) is 212 cm³/mol. The zero-order valence-corrected chi connectivity index (χ0v) is 29.0. The molecule has 5 aromatic rings. The number of ketones is 1. The van der Waals surface area contributed by atoms with Crippen molar-refractivity contribution in [3.05, 3.63) is 163 Å². The highest BCUT2D eigenvalue weighted by Crippen LogP contribution is 2.24. The van der Waals surface area contributed by atoms with Gasteiger partial charge in [-0.3, -0.25) is 4.79 Å². The maximum absolute atomic E-state index is 12.4. The molecule has 5 rings (SSSR count). The molecule has 0 aliphatic carbocycles. The van der Waals surface area contributed by atoms with Crippen molar-refractivity contribution in [2.45, 2.75) is 105 Å². The molecular formula is C46H62O. The van der Waals surface area contributed by atoms with Crippen LogP contribution in [0.1, 0.15) is 105 Å². The fraction of sp³-hybridized carbons (Fsp3) is 0.326. The largest absolute Gasteiger partial charge is 0.289 e. The molecule has 1 heteroatoms. The first-order valence-electron chi connectivity index (χ1n) is 15.6. The van der Waals surface area contributed by atoms with Crippen LogP contribution in [0.15, 0.2) is 84.9 Å². The second-order valence-corrected chi connectivity index (χ2v) is 12.5. The molecule has 0 saturated heterocycles. The number of carbonyl (C=O) groups is 1. The smallest absolute Gasteiger partial charge is 0.193 e. The Morgan fingerprint density at radius 2 is 0.532 bits per heavy atom. The van der Waals surface area contributed by atoms with Crippen molar-refractivity contribution in [1.82, 2.24) is 0 Å². The fourth-order valence-electron chi connectivity index (χ4n) is 4.88. The maximum atomic E-state index is 12.4. The quantitative estimate of drug-likeness (QED) is 0.181. The third-order valence-corrected chi connectivity index (χ3v) is 9.00. The lowest BCUT2D eigenvalue weighted by molar-refractivity contribution is 0.103. The Morgan fingerprint density at radius 3 is 0.787 bits per heavy atom. The zero-order valence-electron chi connectivity index (χ0n) is 29.0. The van der Waals surface area contributed by atoms with E-state index in [1.54, 1.807) is 0 Å². The highest BCUT2D eigenvalue weighted by Gasteiger charge is 2.10. The second kappa shape index (κ2) is 18.8. The first-order valence-corrected chi connectivity index (χ1v) is 15.6. The van der Waals surface area contributed by atoms with Crippen molar-refractivity contribution in [2.75, 3.05) is 0 Å². The van der Waals surface area contributed by atoms with Crippen LogP contribution in [0.5, 0.6) is 0 Å². The Balaban J connectivity index is 0.000000678. The van der Waals surface area contributed by atoms with Gasteiger partial charge in [-0.2, -0.15) is 0 Å². The standard InChI is InChI=1S/C17H18O.C16H18.C10H14.3CH4/c1-11-5-7-15(9-13(11)3)17(18)16-8-6-12(2)14(4)10-16;1-11-5-7-15(9-13(11)3)16-8-6-12(2)14(4)10-16;1-7-5-9(3)10(4)6-8(7)2;;;/h5-10H,1-4H3;5-10H,1-4H3;5-6H,1-4H3;3*1H4. The molecular weight excluding hydrogens is 569 g/mol. The molecule has 0 amide bonds. The third kappa shape index (κ3) is 11.5. The van der Waals surface area contributed by atoms with Gasteiger partial charge in [0.1, 0.15) is 0 Å². The summed E-state index contributed by atoms with van der Waals surface area (Å²) in [7, 11) is 0. The molecule has 0 fully saturated rings. The molecule has 0 radical (unpaired) electrons. The van der Waals surface area contributed by atoms with Crippen molar-refractivity contribution >= 4 is 5.78 Å². The minimum atomic E-state index is 0. The van der Waals surface area contributed by atoms with Gasteiger partial charge in [0.25, 0.3) is 0 Å². The number of benzene rings is 5. The summed E-state index contributed by atoms with van der Waals surface area (Å²) < 4.78 is 0. The van der Waals surface area contributed by atoms with Gasteiger partial charge in [-0.15, -0.1) is 0 Å². The Kier molecular flexibility index (Phi) is 17.1. The SMILES string of the molecule is C.C.C.Cc1cc(C)c(C)cc1C.Cc1ccc(-c2ccc(C)c(C)c2)cc1C.Cc1ccc(C(=O)c2ccc(C)c(C)c2)cc1C. The van der Waals surface area contributed by atoms with E-state index in [4.69, 9.17) is 0 Å². The van der Waals surface area contributed by atoms with Crippen LogP contribution in [0.3, 0.4) is 0 Å². The maximum Gasteiger partial charge on any atom is 0.193 e. The molecule has 0 aromatic heterocycles. The Labute approximate surface area is 289 Å². The van der Waals surface area contributed by atoms with Crippen molar-refractivity contribution in [2.24, 2.45) is 0 Å². The van der Waals surface area contributed by atoms with E-state index in [0.29, 0.717) is 0 Å². The van der Waals surface area contributed by atoms with Gasteiger partial charge in [-0.1, -0.05) is 95.1 Å². The number of carbonyl (C=O) groups excluding carboxylic acids is 1. The Bertz CT molecular complexity index is 1630. The van der Waals surface area contributed by atoms with E-state index in [9.17, 15) is 4.79 Å². The number of hydrogen-bond acceptors (Lipinski definition) is 1. The van der Waals surface area contributed by atoms with Gasteiger partial charge in [0.05, 0.1) is 0 Å². The zero-order chi connectivity index (χ0) is 32.7. The molecule has 0 unspecified atom stereocenters. The average molecular weight is 631 g/mol. The van der Waals surface area contributed by atoms with Gasteiger partial charge < -0.3 is 0 Å².